The van der Waals surface area contributed by atoms with E-state index in [-0.39, 0.29) is 11.8 Å². The number of rotatable bonds is 4. The lowest BCUT2D eigenvalue weighted by Gasteiger charge is -2.37. The maximum Gasteiger partial charge on any atom is 0.241 e. The smallest absolute Gasteiger partial charge is 0.241 e. The number of benzene rings is 2. The Morgan fingerprint density at radius 3 is 1.44 bits per heavy atom. The molecule has 0 radical (unpaired) electrons. The molecule has 168 valence electrons. The summed E-state index contributed by atoms with van der Waals surface area (Å²) in [7, 11) is 0. The molecule has 0 N–H and O–H groups in total. The highest BCUT2D eigenvalue weighted by atomic mass is 16.2. The van der Waals surface area contributed by atoms with Crippen LogP contribution in [-0.4, -0.2) is 74.0 Å². The Bertz CT molecular complexity index is 904. The van der Waals surface area contributed by atoms with E-state index in [2.05, 4.69) is 46.2 Å². The number of para-hydroxylation sites is 2. The van der Waals surface area contributed by atoms with Crippen molar-refractivity contribution in [1.29, 1.82) is 0 Å². The predicted molar refractivity (Wildman–Crippen MR) is 127 cm³/mol. The van der Waals surface area contributed by atoms with Crippen LogP contribution in [0, 0.1) is 0 Å². The standard InChI is InChI=1S/C26H32N4O2/c31-25(29-13-5-9-21-7-1-3-11-23(21)29)19-27-15-17-28(18-16-27)20-26(32)30-14-6-10-22-8-2-4-12-24(22)30/h1-4,7-8,11-12H,5-6,9-10,13-20H2. The Balaban J connectivity index is 1.13. The molecule has 0 bridgehead atoms. The number of aryl methyl sites for hydroxylation is 2. The first-order valence-electron chi connectivity index (χ1n) is 11.9. The first-order valence-corrected chi connectivity index (χ1v) is 11.9. The fraction of sp³-hybridized carbons (Fsp3) is 0.462. The second kappa shape index (κ2) is 9.43. The third kappa shape index (κ3) is 4.43. The van der Waals surface area contributed by atoms with Gasteiger partial charge in [0.2, 0.25) is 11.8 Å². The number of piperazine rings is 1. The molecule has 3 aliphatic rings. The SMILES string of the molecule is O=C(CN1CCN(CC(=O)N2CCCc3ccccc32)CC1)N1CCCc2ccccc21. The Labute approximate surface area is 190 Å². The molecule has 0 atom stereocenters. The van der Waals surface area contributed by atoms with E-state index in [9.17, 15) is 9.59 Å². The largest absolute Gasteiger partial charge is 0.311 e. The predicted octanol–water partition coefficient (Wildman–Crippen LogP) is 2.56. The number of carbonyl (C=O) groups excluding carboxylic acids is 2. The summed E-state index contributed by atoms with van der Waals surface area (Å²) in [5, 5.41) is 0. The lowest BCUT2D eigenvalue weighted by atomic mass is 10.0. The highest BCUT2D eigenvalue weighted by Gasteiger charge is 2.28. The third-order valence-corrected chi connectivity index (χ3v) is 7.01. The van der Waals surface area contributed by atoms with Gasteiger partial charge in [-0.05, 0) is 48.9 Å². The first-order chi connectivity index (χ1) is 15.7. The lowest BCUT2D eigenvalue weighted by molar-refractivity contribution is -0.122. The third-order valence-electron chi connectivity index (χ3n) is 7.01. The van der Waals surface area contributed by atoms with Crippen molar-refractivity contribution >= 4 is 23.2 Å². The molecule has 6 heteroatoms. The summed E-state index contributed by atoms with van der Waals surface area (Å²) in [6, 6.07) is 16.5. The Morgan fingerprint density at radius 1 is 0.594 bits per heavy atom. The molecule has 5 rings (SSSR count). The van der Waals surface area contributed by atoms with Crippen LogP contribution in [0.5, 0.6) is 0 Å². The van der Waals surface area contributed by atoms with Crippen LogP contribution in [0.15, 0.2) is 48.5 Å². The van der Waals surface area contributed by atoms with Crippen molar-refractivity contribution in [3.8, 4) is 0 Å². The van der Waals surface area contributed by atoms with Crippen LogP contribution in [0.1, 0.15) is 24.0 Å². The topological polar surface area (TPSA) is 47.1 Å². The van der Waals surface area contributed by atoms with Crippen LogP contribution in [0.2, 0.25) is 0 Å². The summed E-state index contributed by atoms with van der Waals surface area (Å²) >= 11 is 0. The van der Waals surface area contributed by atoms with Crippen LogP contribution in [0.4, 0.5) is 11.4 Å². The molecule has 0 spiro atoms. The average Bonchev–Trinajstić information content (AvgIpc) is 2.84. The minimum Gasteiger partial charge on any atom is -0.311 e. The van der Waals surface area contributed by atoms with E-state index < -0.39 is 0 Å². The van der Waals surface area contributed by atoms with Crippen molar-refractivity contribution in [2.75, 3.05) is 62.2 Å². The quantitative estimate of drug-likeness (QED) is 0.745. The molecule has 2 aromatic rings. The van der Waals surface area contributed by atoms with Gasteiger partial charge < -0.3 is 9.80 Å². The average molecular weight is 433 g/mol. The van der Waals surface area contributed by atoms with Gasteiger partial charge in [0, 0.05) is 50.6 Å². The van der Waals surface area contributed by atoms with Crippen LogP contribution in [0.25, 0.3) is 0 Å². The zero-order chi connectivity index (χ0) is 21.9. The van der Waals surface area contributed by atoms with Gasteiger partial charge in [-0.3, -0.25) is 19.4 Å². The Kier molecular flexibility index (Phi) is 6.23. The first kappa shape index (κ1) is 21.2. The van der Waals surface area contributed by atoms with Gasteiger partial charge in [-0.2, -0.15) is 0 Å². The number of carbonyl (C=O) groups is 2. The van der Waals surface area contributed by atoms with Crippen LogP contribution in [-0.2, 0) is 22.4 Å². The maximum atomic E-state index is 13.0. The highest BCUT2D eigenvalue weighted by Crippen LogP contribution is 2.28. The maximum absolute atomic E-state index is 13.0. The molecule has 0 aliphatic carbocycles. The van der Waals surface area contributed by atoms with Crippen LogP contribution < -0.4 is 9.80 Å². The van der Waals surface area contributed by atoms with Gasteiger partial charge in [-0.15, -0.1) is 0 Å². The normalized spacial score (nSPS) is 19.4. The van der Waals surface area contributed by atoms with E-state index in [0.717, 1.165) is 76.3 Å². The molecule has 2 amide bonds. The number of anilines is 2. The van der Waals surface area contributed by atoms with Crippen LogP contribution in [0.3, 0.4) is 0 Å². The van der Waals surface area contributed by atoms with Gasteiger partial charge in [0.05, 0.1) is 13.1 Å². The Hall–Kier alpha value is -2.70. The van der Waals surface area contributed by atoms with Crippen molar-refractivity contribution in [1.82, 2.24) is 9.80 Å². The minimum absolute atomic E-state index is 0.187. The number of fused-ring (bicyclic) bond motifs is 2. The van der Waals surface area contributed by atoms with E-state index in [4.69, 9.17) is 0 Å². The van der Waals surface area contributed by atoms with Gasteiger partial charge in [0.25, 0.3) is 0 Å². The van der Waals surface area contributed by atoms with Crippen molar-refractivity contribution in [2.45, 2.75) is 25.7 Å². The summed E-state index contributed by atoms with van der Waals surface area (Å²) in [4.78, 5) is 34.4. The molecule has 6 nitrogen and oxygen atoms in total. The number of amides is 2. The lowest BCUT2D eigenvalue weighted by Crippen LogP contribution is -2.53. The monoisotopic (exact) mass is 432 g/mol. The van der Waals surface area contributed by atoms with Crippen molar-refractivity contribution in [2.24, 2.45) is 0 Å². The number of hydrogen-bond acceptors (Lipinski definition) is 4. The summed E-state index contributed by atoms with van der Waals surface area (Å²) in [5.74, 6) is 0.373. The summed E-state index contributed by atoms with van der Waals surface area (Å²) in [6.45, 7) is 5.82. The van der Waals surface area contributed by atoms with Crippen molar-refractivity contribution in [3.63, 3.8) is 0 Å². The van der Waals surface area contributed by atoms with Gasteiger partial charge in [-0.1, -0.05) is 36.4 Å². The minimum atomic E-state index is 0.187. The van der Waals surface area contributed by atoms with Gasteiger partial charge in [-0.25, -0.2) is 0 Å². The van der Waals surface area contributed by atoms with Gasteiger partial charge in [0.1, 0.15) is 0 Å². The second-order valence-corrected chi connectivity index (χ2v) is 9.11. The Morgan fingerprint density at radius 2 is 1.00 bits per heavy atom. The summed E-state index contributed by atoms with van der Waals surface area (Å²) < 4.78 is 0. The molecule has 1 saturated heterocycles. The molecule has 3 aliphatic heterocycles. The zero-order valence-electron chi connectivity index (χ0n) is 18.7. The number of nitrogens with zero attached hydrogens (tertiary/aromatic N) is 4. The molecular formula is C26H32N4O2. The molecule has 0 saturated carbocycles. The van der Waals surface area contributed by atoms with E-state index >= 15 is 0 Å². The molecule has 1 fully saturated rings. The second-order valence-electron chi connectivity index (χ2n) is 9.11. The summed E-state index contributed by atoms with van der Waals surface area (Å²) in [6.07, 6.45) is 4.15. The van der Waals surface area contributed by atoms with Gasteiger partial charge in [0.15, 0.2) is 0 Å². The van der Waals surface area contributed by atoms with Crippen molar-refractivity contribution in [3.05, 3.63) is 59.7 Å². The van der Waals surface area contributed by atoms with E-state index in [0.29, 0.717) is 13.1 Å². The fourth-order valence-electron chi connectivity index (χ4n) is 5.24. The molecule has 32 heavy (non-hydrogen) atoms. The van der Waals surface area contributed by atoms with E-state index in [1.165, 1.54) is 11.1 Å². The van der Waals surface area contributed by atoms with E-state index in [1.807, 2.05) is 21.9 Å². The van der Waals surface area contributed by atoms with Crippen LogP contribution >= 0.6 is 0 Å². The number of hydrogen-bond donors (Lipinski definition) is 0. The molecular weight excluding hydrogens is 400 g/mol. The molecule has 2 aromatic carbocycles. The molecule has 3 heterocycles. The molecule has 0 unspecified atom stereocenters. The fourth-order valence-corrected chi connectivity index (χ4v) is 5.24. The highest BCUT2D eigenvalue weighted by molar-refractivity contribution is 5.96. The summed E-state index contributed by atoms with van der Waals surface area (Å²) in [5.41, 5.74) is 4.70. The van der Waals surface area contributed by atoms with Crippen molar-refractivity contribution < 1.29 is 9.59 Å². The zero-order valence-corrected chi connectivity index (χ0v) is 18.7. The molecule has 0 aromatic heterocycles. The van der Waals surface area contributed by atoms with Gasteiger partial charge >= 0.3 is 0 Å². The van der Waals surface area contributed by atoms with E-state index in [1.54, 1.807) is 0 Å².